The number of hydrogen-bond donors (Lipinski definition) is 2. The number of aliphatic hydroxyl groups excluding tert-OH is 1. The molecular weight excluding hydrogens is 322 g/mol. The first-order chi connectivity index (χ1) is 11.7. The molecule has 1 aliphatic heterocycles. The Morgan fingerprint density at radius 2 is 2.25 bits per heavy atom. The number of aromatic amines is 1. The number of benzene rings is 1. The Morgan fingerprint density at radius 3 is 3.08 bits per heavy atom. The SMILES string of the molecule is O=C(c1n[nH]c2ccccc12)N1CCC[C@@H]1C[C@@H](O)c1cccs1. The van der Waals surface area contributed by atoms with Crippen LogP contribution >= 0.6 is 11.3 Å². The maximum absolute atomic E-state index is 13.0. The van der Waals surface area contributed by atoms with Crippen LogP contribution in [0.1, 0.15) is 40.7 Å². The van der Waals surface area contributed by atoms with Crippen LogP contribution in [-0.2, 0) is 0 Å². The minimum Gasteiger partial charge on any atom is -0.387 e. The van der Waals surface area contributed by atoms with Gasteiger partial charge in [-0.1, -0.05) is 24.3 Å². The van der Waals surface area contributed by atoms with Crippen LogP contribution in [-0.4, -0.2) is 38.7 Å². The van der Waals surface area contributed by atoms with Crippen molar-refractivity contribution in [3.8, 4) is 0 Å². The van der Waals surface area contributed by atoms with E-state index in [9.17, 15) is 9.90 Å². The van der Waals surface area contributed by atoms with E-state index in [-0.39, 0.29) is 11.9 Å². The number of rotatable bonds is 4. The highest BCUT2D eigenvalue weighted by Crippen LogP contribution is 2.31. The molecule has 1 aromatic carbocycles. The minimum atomic E-state index is -0.515. The lowest BCUT2D eigenvalue weighted by molar-refractivity contribution is 0.0666. The molecule has 3 aromatic rings. The summed E-state index contributed by atoms with van der Waals surface area (Å²) in [6.45, 7) is 0.724. The van der Waals surface area contributed by atoms with Gasteiger partial charge in [0.05, 0.1) is 11.6 Å². The number of amides is 1. The fourth-order valence-corrected chi connectivity index (χ4v) is 4.19. The molecule has 1 aliphatic rings. The Balaban J connectivity index is 1.55. The zero-order valence-electron chi connectivity index (χ0n) is 13.2. The number of hydrogen-bond acceptors (Lipinski definition) is 4. The average Bonchev–Trinajstić information content (AvgIpc) is 3.34. The van der Waals surface area contributed by atoms with E-state index < -0.39 is 6.10 Å². The molecule has 2 N–H and O–H groups in total. The van der Waals surface area contributed by atoms with Crippen LogP contribution in [0.25, 0.3) is 10.9 Å². The molecule has 1 fully saturated rings. The molecule has 124 valence electrons. The van der Waals surface area contributed by atoms with Gasteiger partial charge in [0, 0.05) is 22.8 Å². The summed E-state index contributed by atoms with van der Waals surface area (Å²) in [5.41, 5.74) is 1.35. The van der Waals surface area contributed by atoms with Gasteiger partial charge >= 0.3 is 0 Å². The molecule has 2 atom stereocenters. The highest BCUT2D eigenvalue weighted by Gasteiger charge is 2.33. The highest BCUT2D eigenvalue weighted by atomic mass is 32.1. The average molecular weight is 341 g/mol. The number of carbonyl (C=O) groups is 1. The Kier molecular flexibility index (Phi) is 4.08. The molecule has 3 heterocycles. The number of para-hydroxylation sites is 1. The molecule has 24 heavy (non-hydrogen) atoms. The van der Waals surface area contributed by atoms with Gasteiger partial charge in [-0.2, -0.15) is 5.10 Å². The van der Waals surface area contributed by atoms with Crippen molar-refractivity contribution in [2.75, 3.05) is 6.54 Å². The third-order valence-electron chi connectivity index (χ3n) is 4.68. The third-order valence-corrected chi connectivity index (χ3v) is 5.65. The molecule has 6 heteroatoms. The maximum atomic E-state index is 13.0. The van der Waals surface area contributed by atoms with Crippen LogP contribution in [0.5, 0.6) is 0 Å². The molecule has 0 aliphatic carbocycles. The van der Waals surface area contributed by atoms with Gasteiger partial charge in [-0.15, -0.1) is 11.3 Å². The van der Waals surface area contributed by atoms with Crippen molar-refractivity contribution in [3.05, 3.63) is 52.3 Å². The minimum absolute atomic E-state index is 0.0478. The lowest BCUT2D eigenvalue weighted by Gasteiger charge is -2.25. The fraction of sp³-hybridized carbons (Fsp3) is 0.333. The molecule has 0 saturated carbocycles. The first-order valence-electron chi connectivity index (χ1n) is 8.19. The normalized spacial score (nSPS) is 19.0. The first kappa shape index (κ1) is 15.4. The number of likely N-dealkylation sites (tertiary alicyclic amines) is 1. The third kappa shape index (κ3) is 2.72. The van der Waals surface area contributed by atoms with E-state index in [0.29, 0.717) is 12.1 Å². The van der Waals surface area contributed by atoms with Crippen molar-refractivity contribution in [2.24, 2.45) is 0 Å². The number of carbonyl (C=O) groups excluding carboxylic acids is 1. The molecule has 0 spiro atoms. The quantitative estimate of drug-likeness (QED) is 0.764. The number of H-pyrrole nitrogens is 1. The van der Waals surface area contributed by atoms with Gasteiger partial charge in [0.25, 0.3) is 5.91 Å². The van der Waals surface area contributed by atoms with Crippen LogP contribution in [0.15, 0.2) is 41.8 Å². The van der Waals surface area contributed by atoms with Gasteiger partial charge in [0.15, 0.2) is 5.69 Å². The van der Waals surface area contributed by atoms with E-state index in [1.807, 2.05) is 46.7 Å². The number of nitrogens with one attached hydrogen (secondary N) is 1. The molecule has 1 amide bonds. The Labute approximate surface area is 143 Å². The second kappa shape index (κ2) is 6.37. The van der Waals surface area contributed by atoms with Crippen LogP contribution < -0.4 is 0 Å². The largest absolute Gasteiger partial charge is 0.387 e. The Bertz CT molecular complexity index is 843. The maximum Gasteiger partial charge on any atom is 0.275 e. The summed E-state index contributed by atoms with van der Waals surface area (Å²) in [4.78, 5) is 15.8. The van der Waals surface area contributed by atoms with Crippen LogP contribution in [0.2, 0.25) is 0 Å². The number of aliphatic hydroxyl groups is 1. The van der Waals surface area contributed by atoms with Gasteiger partial charge in [0.1, 0.15) is 0 Å². The number of thiophene rings is 1. The summed E-state index contributed by atoms with van der Waals surface area (Å²) in [7, 11) is 0. The van der Waals surface area contributed by atoms with E-state index >= 15 is 0 Å². The topological polar surface area (TPSA) is 69.2 Å². The van der Waals surface area contributed by atoms with Gasteiger partial charge in [0.2, 0.25) is 0 Å². The highest BCUT2D eigenvalue weighted by molar-refractivity contribution is 7.10. The van der Waals surface area contributed by atoms with Crippen LogP contribution in [0.3, 0.4) is 0 Å². The standard InChI is InChI=1S/C18H19N3O2S/c22-15(16-8-4-10-24-16)11-12-5-3-9-21(12)18(23)17-13-6-1-2-7-14(13)19-20-17/h1-2,4,6-8,10,12,15,22H,3,5,9,11H2,(H,19,20)/t12-,15-/m1/s1. The molecule has 0 bridgehead atoms. The molecule has 5 nitrogen and oxygen atoms in total. The zero-order valence-corrected chi connectivity index (χ0v) is 14.0. The van der Waals surface area contributed by atoms with E-state index in [1.165, 1.54) is 0 Å². The number of aromatic nitrogens is 2. The Morgan fingerprint density at radius 1 is 1.38 bits per heavy atom. The summed E-state index contributed by atoms with van der Waals surface area (Å²) >= 11 is 1.55. The van der Waals surface area contributed by atoms with Crippen molar-refractivity contribution in [1.29, 1.82) is 0 Å². The molecule has 0 radical (unpaired) electrons. The first-order valence-corrected chi connectivity index (χ1v) is 9.07. The summed E-state index contributed by atoms with van der Waals surface area (Å²) in [5.74, 6) is -0.0478. The van der Waals surface area contributed by atoms with Crippen molar-refractivity contribution in [1.82, 2.24) is 15.1 Å². The van der Waals surface area contributed by atoms with Gasteiger partial charge < -0.3 is 10.0 Å². The van der Waals surface area contributed by atoms with Crippen molar-refractivity contribution in [3.63, 3.8) is 0 Å². The monoisotopic (exact) mass is 341 g/mol. The van der Waals surface area contributed by atoms with Gasteiger partial charge in [-0.25, -0.2) is 0 Å². The number of nitrogens with zero attached hydrogens (tertiary/aromatic N) is 2. The summed E-state index contributed by atoms with van der Waals surface area (Å²) in [6, 6.07) is 11.6. The molecule has 4 rings (SSSR count). The van der Waals surface area contributed by atoms with Crippen molar-refractivity contribution in [2.45, 2.75) is 31.4 Å². The van der Waals surface area contributed by atoms with Gasteiger partial charge in [-0.3, -0.25) is 9.89 Å². The Hall–Kier alpha value is -2.18. The fourth-order valence-electron chi connectivity index (χ4n) is 3.47. The second-order valence-electron chi connectivity index (χ2n) is 6.18. The lowest BCUT2D eigenvalue weighted by atomic mass is 10.1. The van der Waals surface area contributed by atoms with E-state index in [0.717, 1.165) is 35.2 Å². The van der Waals surface area contributed by atoms with Gasteiger partial charge in [-0.05, 0) is 36.8 Å². The summed E-state index contributed by atoms with van der Waals surface area (Å²) in [5, 5.41) is 20.4. The predicted octanol–water partition coefficient (Wildman–Crippen LogP) is 3.35. The smallest absolute Gasteiger partial charge is 0.275 e. The van der Waals surface area contributed by atoms with Crippen LogP contribution in [0.4, 0.5) is 0 Å². The van der Waals surface area contributed by atoms with Crippen LogP contribution in [0, 0.1) is 0 Å². The molecule has 0 unspecified atom stereocenters. The van der Waals surface area contributed by atoms with E-state index in [2.05, 4.69) is 10.2 Å². The van der Waals surface area contributed by atoms with E-state index in [4.69, 9.17) is 0 Å². The molecule has 1 saturated heterocycles. The molecule has 2 aromatic heterocycles. The van der Waals surface area contributed by atoms with Crippen molar-refractivity contribution < 1.29 is 9.90 Å². The summed E-state index contributed by atoms with van der Waals surface area (Å²) < 4.78 is 0. The predicted molar refractivity (Wildman–Crippen MR) is 94.0 cm³/mol. The van der Waals surface area contributed by atoms with E-state index in [1.54, 1.807) is 11.3 Å². The second-order valence-corrected chi connectivity index (χ2v) is 7.16. The number of fused-ring (bicyclic) bond motifs is 1. The van der Waals surface area contributed by atoms with Crippen molar-refractivity contribution >= 4 is 28.1 Å². The zero-order chi connectivity index (χ0) is 16.5. The summed E-state index contributed by atoms with van der Waals surface area (Å²) in [6.07, 6.45) is 1.96. The molecular formula is C18H19N3O2S. The lowest BCUT2D eigenvalue weighted by Crippen LogP contribution is -2.36.